The van der Waals surface area contributed by atoms with Crippen molar-refractivity contribution < 1.29 is 18.7 Å². The Labute approximate surface area is 123 Å². The Kier molecular flexibility index (Phi) is 7.17. The summed E-state index contributed by atoms with van der Waals surface area (Å²) < 4.78 is 17.8. The number of carbonyl (C=O) groups is 2. The van der Waals surface area contributed by atoms with Gasteiger partial charge in [0.25, 0.3) is 0 Å². The Balaban J connectivity index is 2.48. The third kappa shape index (κ3) is 5.78. The third-order valence-electron chi connectivity index (χ3n) is 2.66. The maximum Gasteiger partial charge on any atom is 0.418 e. The number of rotatable bonds is 6. The van der Waals surface area contributed by atoms with E-state index in [0.29, 0.717) is 6.42 Å². The molecule has 0 unspecified atom stereocenters. The molecule has 6 nitrogen and oxygen atoms in total. The second kappa shape index (κ2) is 8.91. The Morgan fingerprint density at radius 1 is 1.43 bits per heavy atom. The van der Waals surface area contributed by atoms with Crippen molar-refractivity contribution in [2.45, 2.75) is 13.3 Å². The number of ether oxygens (including phenoxy) is 1. The minimum absolute atomic E-state index is 0.0740. The third-order valence-corrected chi connectivity index (χ3v) is 2.66. The van der Waals surface area contributed by atoms with Crippen LogP contribution in [0.4, 0.5) is 14.0 Å². The quantitative estimate of drug-likeness (QED) is 0.833. The van der Waals surface area contributed by atoms with Crippen LogP contribution in [0, 0.1) is 5.82 Å². The largest absolute Gasteiger partial charge is 0.449 e. The summed E-state index contributed by atoms with van der Waals surface area (Å²) in [5.74, 6) is -0.324. The van der Waals surface area contributed by atoms with Crippen LogP contribution in [0.25, 0.3) is 0 Å². The summed E-state index contributed by atoms with van der Waals surface area (Å²) in [6.45, 7) is 2.33. The topological polar surface area (TPSA) is 84.7 Å². The molecule has 1 aromatic rings. The van der Waals surface area contributed by atoms with Gasteiger partial charge in [-0.1, -0.05) is 12.1 Å². The maximum absolute atomic E-state index is 13.0. The molecule has 0 saturated heterocycles. The molecule has 0 heterocycles. The Hall–Kier alpha value is -2.15. The molecular weight excluding hydrogens is 277 g/mol. The fourth-order valence-electron chi connectivity index (χ4n) is 1.71. The van der Waals surface area contributed by atoms with Gasteiger partial charge in [-0.15, -0.1) is 0 Å². The Morgan fingerprint density at radius 3 is 2.81 bits per heavy atom. The second-order valence-electron chi connectivity index (χ2n) is 4.25. The first kappa shape index (κ1) is 16.9. The molecule has 1 aromatic carbocycles. The Bertz CT molecular complexity index is 482. The van der Waals surface area contributed by atoms with Crippen molar-refractivity contribution in [3.05, 3.63) is 35.6 Å². The van der Waals surface area contributed by atoms with Crippen LogP contribution in [0.15, 0.2) is 24.3 Å². The van der Waals surface area contributed by atoms with Crippen LogP contribution in [-0.4, -0.2) is 43.3 Å². The molecule has 0 spiro atoms. The van der Waals surface area contributed by atoms with Crippen molar-refractivity contribution >= 4 is 12.1 Å². The number of halogens is 1. The van der Waals surface area contributed by atoms with Crippen LogP contribution >= 0.6 is 0 Å². The SMILES string of the molecule is CCOC(=O)N(CCN)C(=O)NCCc1cccc(F)c1. The molecule has 0 radical (unpaired) electrons. The molecule has 0 bridgehead atoms. The monoisotopic (exact) mass is 297 g/mol. The van der Waals surface area contributed by atoms with E-state index in [4.69, 9.17) is 10.5 Å². The first-order valence-electron chi connectivity index (χ1n) is 6.75. The van der Waals surface area contributed by atoms with E-state index >= 15 is 0 Å². The van der Waals surface area contributed by atoms with E-state index in [1.54, 1.807) is 19.1 Å². The Morgan fingerprint density at radius 2 is 2.19 bits per heavy atom. The zero-order valence-electron chi connectivity index (χ0n) is 12.0. The van der Waals surface area contributed by atoms with Gasteiger partial charge >= 0.3 is 12.1 Å². The minimum atomic E-state index is -0.730. The summed E-state index contributed by atoms with van der Waals surface area (Å²) in [5.41, 5.74) is 6.13. The minimum Gasteiger partial charge on any atom is -0.449 e. The van der Waals surface area contributed by atoms with E-state index in [-0.39, 0.29) is 32.1 Å². The molecule has 0 fully saturated rings. The highest BCUT2D eigenvalue weighted by Gasteiger charge is 2.21. The highest BCUT2D eigenvalue weighted by molar-refractivity contribution is 5.90. The fraction of sp³-hybridized carbons (Fsp3) is 0.429. The highest BCUT2D eigenvalue weighted by atomic mass is 19.1. The smallest absolute Gasteiger partial charge is 0.418 e. The summed E-state index contributed by atoms with van der Waals surface area (Å²) in [6, 6.07) is 5.54. The lowest BCUT2D eigenvalue weighted by atomic mass is 10.1. The summed E-state index contributed by atoms with van der Waals surface area (Å²) in [7, 11) is 0. The molecule has 0 aliphatic rings. The predicted molar refractivity (Wildman–Crippen MR) is 76.3 cm³/mol. The molecule has 7 heteroatoms. The molecule has 3 amide bonds. The van der Waals surface area contributed by atoms with Gasteiger partial charge in [0, 0.05) is 19.6 Å². The van der Waals surface area contributed by atoms with E-state index in [1.165, 1.54) is 12.1 Å². The summed E-state index contributed by atoms with van der Waals surface area (Å²) >= 11 is 0. The van der Waals surface area contributed by atoms with E-state index in [0.717, 1.165) is 10.5 Å². The van der Waals surface area contributed by atoms with Crippen LogP contribution < -0.4 is 11.1 Å². The van der Waals surface area contributed by atoms with Gasteiger partial charge in [-0.3, -0.25) is 0 Å². The van der Waals surface area contributed by atoms with Gasteiger partial charge in [0.2, 0.25) is 0 Å². The molecule has 1 rings (SSSR count). The van der Waals surface area contributed by atoms with Gasteiger partial charge in [-0.2, -0.15) is 0 Å². The highest BCUT2D eigenvalue weighted by Crippen LogP contribution is 2.03. The van der Waals surface area contributed by atoms with E-state index in [9.17, 15) is 14.0 Å². The van der Waals surface area contributed by atoms with Gasteiger partial charge in [0.15, 0.2) is 0 Å². The molecule has 21 heavy (non-hydrogen) atoms. The van der Waals surface area contributed by atoms with Gasteiger partial charge in [-0.25, -0.2) is 18.9 Å². The number of nitrogens with zero attached hydrogens (tertiary/aromatic N) is 1. The molecule has 3 N–H and O–H groups in total. The number of amides is 3. The van der Waals surface area contributed by atoms with Crippen molar-refractivity contribution in [2.24, 2.45) is 5.73 Å². The summed E-state index contributed by atoms with van der Waals surface area (Å²) in [5, 5.41) is 2.58. The molecule has 0 aliphatic carbocycles. The predicted octanol–water partition coefficient (Wildman–Crippen LogP) is 1.49. The van der Waals surface area contributed by atoms with Crippen LogP contribution in [-0.2, 0) is 11.2 Å². The van der Waals surface area contributed by atoms with Gasteiger partial charge in [0.1, 0.15) is 5.82 Å². The molecule has 0 aromatic heterocycles. The van der Waals surface area contributed by atoms with E-state index in [2.05, 4.69) is 5.32 Å². The average molecular weight is 297 g/mol. The number of benzene rings is 1. The van der Waals surface area contributed by atoms with Crippen LogP contribution in [0.5, 0.6) is 0 Å². The van der Waals surface area contributed by atoms with Gasteiger partial charge in [0.05, 0.1) is 6.61 Å². The number of nitrogens with two attached hydrogens (primary N) is 1. The first-order valence-corrected chi connectivity index (χ1v) is 6.75. The van der Waals surface area contributed by atoms with Crippen LogP contribution in [0.1, 0.15) is 12.5 Å². The zero-order chi connectivity index (χ0) is 15.7. The fourth-order valence-corrected chi connectivity index (χ4v) is 1.71. The second-order valence-corrected chi connectivity index (χ2v) is 4.25. The van der Waals surface area contributed by atoms with Crippen molar-refractivity contribution in [1.29, 1.82) is 0 Å². The van der Waals surface area contributed by atoms with Gasteiger partial charge in [-0.05, 0) is 31.0 Å². The van der Waals surface area contributed by atoms with E-state index < -0.39 is 12.1 Å². The number of imide groups is 1. The molecule has 116 valence electrons. The standard InChI is InChI=1S/C14H20FN3O3/c1-2-21-14(20)18(9-7-16)13(19)17-8-6-11-4-3-5-12(15)10-11/h3-5,10H,2,6-9,16H2,1H3,(H,17,19). The molecule has 0 aliphatic heterocycles. The normalized spacial score (nSPS) is 10.0. The van der Waals surface area contributed by atoms with E-state index in [1.807, 2.05) is 0 Å². The van der Waals surface area contributed by atoms with Crippen LogP contribution in [0.2, 0.25) is 0 Å². The molecule has 0 saturated carbocycles. The number of carbonyl (C=O) groups excluding carboxylic acids is 2. The molecule has 0 atom stereocenters. The summed E-state index contributed by atoms with van der Waals surface area (Å²) in [4.78, 5) is 24.4. The number of nitrogens with one attached hydrogen (secondary N) is 1. The number of hydrogen-bond acceptors (Lipinski definition) is 4. The van der Waals surface area contributed by atoms with Gasteiger partial charge < -0.3 is 15.8 Å². The maximum atomic E-state index is 13.0. The number of hydrogen-bond donors (Lipinski definition) is 2. The average Bonchev–Trinajstić information content (AvgIpc) is 2.45. The van der Waals surface area contributed by atoms with Crippen LogP contribution in [0.3, 0.4) is 0 Å². The van der Waals surface area contributed by atoms with Crippen molar-refractivity contribution in [3.8, 4) is 0 Å². The molecular formula is C14H20FN3O3. The first-order chi connectivity index (χ1) is 10.1. The zero-order valence-corrected chi connectivity index (χ0v) is 12.0. The van der Waals surface area contributed by atoms with Crippen molar-refractivity contribution in [2.75, 3.05) is 26.2 Å². The number of urea groups is 1. The lowest BCUT2D eigenvalue weighted by Gasteiger charge is -2.19. The lowest BCUT2D eigenvalue weighted by molar-refractivity contribution is 0.115. The van der Waals surface area contributed by atoms with Crippen molar-refractivity contribution in [1.82, 2.24) is 10.2 Å². The van der Waals surface area contributed by atoms with Crippen molar-refractivity contribution in [3.63, 3.8) is 0 Å². The summed E-state index contributed by atoms with van der Waals surface area (Å²) in [6.07, 6.45) is -0.269. The lowest BCUT2D eigenvalue weighted by Crippen LogP contribution is -2.46.